The number of unbranched alkanes of at least 4 members (excludes halogenated alkanes) is 1. The first-order valence-electron chi connectivity index (χ1n) is 18.5. The summed E-state index contributed by atoms with van der Waals surface area (Å²) in [7, 11) is 0. The van der Waals surface area contributed by atoms with Gasteiger partial charge in [0.05, 0.1) is 0 Å². The zero-order valence-electron chi connectivity index (χ0n) is 31.5. The molecule has 10 heteroatoms. The monoisotopic (exact) mass is 820 g/mol. The molecular weight excluding hydrogens is 775 g/mol. The molecule has 0 aliphatic carbocycles. The molecule has 5 aromatic carbocycles. The normalized spacial score (nSPS) is 12.2. The Bertz CT molecular complexity index is 2210. The van der Waals surface area contributed by atoms with E-state index in [1.54, 1.807) is 27.7 Å². The number of nitrogens with one attached hydrogen (secondary N) is 2. The summed E-state index contributed by atoms with van der Waals surface area (Å²) in [5, 5.41) is 6.39. The molecule has 284 valence electrons. The maximum absolute atomic E-state index is 13.4. The van der Waals surface area contributed by atoms with Crippen LogP contribution in [-0.2, 0) is 6.42 Å². The van der Waals surface area contributed by atoms with E-state index < -0.39 is 17.5 Å². The fourth-order valence-corrected chi connectivity index (χ4v) is 14.6. The van der Waals surface area contributed by atoms with E-state index in [1.165, 1.54) is 34.1 Å². The number of hydrogen-bond donors (Lipinski definition) is 2. The minimum absolute atomic E-state index is 0.00770. The first-order chi connectivity index (χ1) is 26.5. The van der Waals surface area contributed by atoms with Gasteiger partial charge >= 0.3 is 244 Å². The van der Waals surface area contributed by atoms with E-state index >= 15 is 0 Å². The fraction of sp³-hybridized carbons (Fsp3) is 0.222. The van der Waals surface area contributed by atoms with Crippen LogP contribution in [0.3, 0.4) is 0 Å². The van der Waals surface area contributed by atoms with Crippen molar-refractivity contribution in [1.82, 2.24) is 10.6 Å². The van der Waals surface area contributed by atoms with Gasteiger partial charge < -0.3 is 20.1 Å². The molecular formula is C45H46BrN2O6P. The van der Waals surface area contributed by atoms with Crippen LogP contribution >= 0.6 is 20.8 Å². The summed E-state index contributed by atoms with van der Waals surface area (Å²) in [5.41, 5.74) is 1.49. The van der Waals surface area contributed by atoms with Crippen LogP contribution in [-0.4, -0.2) is 30.4 Å². The molecule has 0 radical (unpaired) electrons. The van der Waals surface area contributed by atoms with Gasteiger partial charge in [-0.1, -0.05) is 0 Å². The van der Waals surface area contributed by atoms with Gasteiger partial charge in [-0.3, -0.25) is 0 Å². The first-order valence-corrected chi connectivity index (χ1v) is 23.0. The molecule has 55 heavy (non-hydrogen) atoms. The summed E-state index contributed by atoms with van der Waals surface area (Å²) in [5.74, 6) is 0.0481. The molecule has 0 unspecified atom stereocenters. The Kier molecular flexibility index (Phi) is 12.2. The van der Waals surface area contributed by atoms with Crippen molar-refractivity contribution in [3.8, 4) is 22.8 Å². The van der Waals surface area contributed by atoms with E-state index in [2.05, 4.69) is 117 Å². The fourth-order valence-electron chi connectivity index (χ4n) is 6.84. The number of aryl methyl sites for hydroxylation is 1. The molecule has 0 bridgehead atoms. The zero-order valence-corrected chi connectivity index (χ0v) is 33.9. The number of fused-ring (bicyclic) bond motifs is 1. The van der Waals surface area contributed by atoms with E-state index in [0.717, 1.165) is 31.0 Å². The van der Waals surface area contributed by atoms with Gasteiger partial charge in [0.15, 0.2) is 5.75 Å². The Labute approximate surface area is 329 Å². The van der Waals surface area contributed by atoms with Crippen LogP contribution in [0, 0.1) is 0 Å². The van der Waals surface area contributed by atoms with Gasteiger partial charge in [0.2, 0.25) is 0 Å². The Morgan fingerprint density at radius 2 is 1.18 bits per heavy atom. The van der Waals surface area contributed by atoms with Crippen molar-refractivity contribution in [2.75, 3.05) is 6.16 Å². The summed E-state index contributed by atoms with van der Waals surface area (Å²) in [6.45, 7) is 7.15. The second kappa shape index (κ2) is 17.1. The summed E-state index contributed by atoms with van der Waals surface area (Å²) >= 11 is 4.55. The molecule has 0 saturated heterocycles. The molecule has 6 aromatic rings. The van der Waals surface area contributed by atoms with Crippen molar-refractivity contribution >= 4 is 59.9 Å². The quantitative estimate of drug-likeness (QED) is 0.0888. The zero-order chi connectivity index (χ0) is 39.0. The van der Waals surface area contributed by atoms with Crippen molar-refractivity contribution in [3.63, 3.8) is 0 Å². The van der Waals surface area contributed by atoms with Gasteiger partial charge in [0.25, 0.3) is 0 Å². The van der Waals surface area contributed by atoms with Gasteiger partial charge in [-0.05, 0) is 39.8 Å². The number of hydrogen-bond acceptors (Lipinski definition) is 6. The van der Waals surface area contributed by atoms with Crippen LogP contribution in [0.4, 0.5) is 9.59 Å². The minimum Gasteiger partial charge on any atom is -0.402 e. The molecule has 2 N–H and O–H groups in total. The second-order valence-electron chi connectivity index (χ2n) is 14.2. The number of carbonyl (C=O) groups excluding carboxylic acids is 2. The van der Waals surface area contributed by atoms with Crippen LogP contribution < -0.4 is 41.4 Å². The number of carbonyl (C=O) groups is 2. The van der Waals surface area contributed by atoms with Crippen LogP contribution in [0.2, 0.25) is 0 Å². The van der Waals surface area contributed by atoms with Gasteiger partial charge in [0.1, 0.15) is 0 Å². The molecule has 8 nitrogen and oxygen atoms in total. The average molecular weight is 822 g/mol. The smallest absolute Gasteiger partial charge is 0.402 e. The predicted molar refractivity (Wildman–Crippen MR) is 228 cm³/mol. The molecule has 0 fully saturated rings. The molecule has 0 aliphatic heterocycles. The standard InChI is InChI=1S/C45H46BrN2O6P/c1-31(2)47-44(50)53-40-28-27-38-39(49)30-41(52-42(38)43(40)54-45(51)48-32(3)4)34-25-23-33(24-26-34)16-14-15-29-55(46,35-17-8-5-9-18-35,36-19-10-6-11-20-36)37-21-12-7-13-22-37/h5-13,17-28,30-32H,14-16,29H2,1-4H3,(H,47,50)(H,48,51). The SMILES string of the molecule is CC(C)NC(=O)Oc1ccc2c(=O)cc(-c3ccc(CCCCP(Br)(c4ccccc4)(c4ccccc4)c4ccccc4)cc3)oc2c1OC(=O)NC(C)C. The molecule has 0 aliphatic rings. The summed E-state index contributed by atoms with van der Waals surface area (Å²) in [6.07, 6.45) is 2.24. The Hall–Kier alpha value is -5.24. The van der Waals surface area contributed by atoms with Crippen LogP contribution in [0.15, 0.2) is 143 Å². The predicted octanol–water partition coefficient (Wildman–Crippen LogP) is 9.62. The number of rotatable bonds is 13. The molecule has 0 saturated carbocycles. The number of ether oxygens (including phenoxy) is 2. The third-order valence-electron chi connectivity index (χ3n) is 9.44. The Morgan fingerprint density at radius 1 is 0.673 bits per heavy atom. The van der Waals surface area contributed by atoms with Crippen LogP contribution in [0.5, 0.6) is 11.5 Å². The van der Waals surface area contributed by atoms with E-state index in [-0.39, 0.29) is 45.7 Å². The average Bonchev–Trinajstić information content (AvgIpc) is 3.18. The Balaban J connectivity index is 1.26. The molecule has 1 heterocycles. The molecule has 0 spiro atoms. The van der Waals surface area contributed by atoms with Crippen molar-refractivity contribution < 1.29 is 23.5 Å². The van der Waals surface area contributed by atoms with E-state index in [4.69, 9.17) is 13.9 Å². The van der Waals surface area contributed by atoms with Crippen molar-refractivity contribution in [3.05, 3.63) is 149 Å². The second-order valence-corrected chi connectivity index (χ2v) is 23.2. The molecule has 2 amide bonds. The summed E-state index contributed by atoms with van der Waals surface area (Å²) in [4.78, 5) is 38.7. The number of halogens is 1. The van der Waals surface area contributed by atoms with E-state index in [9.17, 15) is 14.4 Å². The summed E-state index contributed by atoms with van der Waals surface area (Å²) in [6, 6.07) is 44.3. The topological polar surface area (TPSA) is 107 Å². The van der Waals surface area contributed by atoms with Crippen LogP contribution in [0.1, 0.15) is 46.1 Å². The molecule has 6 rings (SSSR count). The van der Waals surface area contributed by atoms with Gasteiger partial charge in [-0.2, -0.15) is 0 Å². The third-order valence-corrected chi connectivity index (χ3v) is 19.5. The van der Waals surface area contributed by atoms with E-state index in [1.807, 2.05) is 24.3 Å². The van der Waals surface area contributed by atoms with Gasteiger partial charge in [0, 0.05) is 12.1 Å². The molecule has 1 aromatic heterocycles. The van der Waals surface area contributed by atoms with Gasteiger partial charge in [-0.15, -0.1) is 0 Å². The third kappa shape index (κ3) is 8.69. The van der Waals surface area contributed by atoms with Crippen molar-refractivity contribution in [2.45, 2.75) is 59.0 Å². The minimum atomic E-state index is -3.00. The Morgan fingerprint density at radius 3 is 1.69 bits per heavy atom. The van der Waals surface area contributed by atoms with Crippen molar-refractivity contribution in [1.29, 1.82) is 0 Å². The summed E-state index contributed by atoms with van der Waals surface area (Å²) < 4.78 is 17.4. The van der Waals surface area contributed by atoms with E-state index in [0.29, 0.717) is 5.56 Å². The van der Waals surface area contributed by atoms with Crippen LogP contribution in [0.25, 0.3) is 22.3 Å². The maximum atomic E-state index is 13.4. The number of benzene rings is 5. The molecule has 0 atom stereocenters. The number of amides is 2. The first kappa shape index (κ1) is 39.5. The van der Waals surface area contributed by atoms with Gasteiger partial charge in [-0.25, -0.2) is 9.59 Å². The van der Waals surface area contributed by atoms with Crippen molar-refractivity contribution in [2.24, 2.45) is 0 Å².